The molecule has 1 aromatic carbocycles. The number of esters is 1. The Balaban J connectivity index is 2.41. The van der Waals surface area contributed by atoms with Gasteiger partial charge >= 0.3 is 5.97 Å². The van der Waals surface area contributed by atoms with E-state index >= 15 is 0 Å². The molecule has 1 aliphatic rings. The van der Waals surface area contributed by atoms with Gasteiger partial charge in [0.05, 0.1) is 7.11 Å². The molecule has 3 nitrogen and oxygen atoms in total. The van der Waals surface area contributed by atoms with Gasteiger partial charge in [0.1, 0.15) is 11.2 Å². The lowest BCUT2D eigenvalue weighted by Gasteiger charge is -2.37. The SMILES string of the molecule is COC(=O)C1(c2cccc(C)c2)CC(=O)C1. The van der Waals surface area contributed by atoms with Crippen LogP contribution in [-0.4, -0.2) is 18.9 Å². The van der Waals surface area contributed by atoms with E-state index in [0.717, 1.165) is 11.1 Å². The van der Waals surface area contributed by atoms with Gasteiger partial charge in [-0.15, -0.1) is 0 Å². The fourth-order valence-electron chi connectivity index (χ4n) is 2.23. The predicted octanol–water partition coefficient (Wildman–Crippen LogP) is 1.77. The van der Waals surface area contributed by atoms with E-state index in [1.54, 1.807) is 0 Å². The van der Waals surface area contributed by atoms with E-state index in [1.807, 2.05) is 31.2 Å². The van der Waals surface area contributed by atoms with Crippen LogP contribution in [0, 0.1) is 6.92 Å². The van der Waals surface area contributed by atoms with Crippen molar-refractivity contribution in [2.24, 2.45) is 0 Å². The summed E-state index contributed by atoms with van der Waals surface area (Å²) in [5.41, 5.74) is 1.25. The van der Waals surface area contributed by atoms with Gasteiger partial charge in [0, 0.05) is 12.8 Å². The monoisotopic (exact) mass is 218 g/mol. The molecule has 0 radical (unpaired) electrons. The van der Waals surface area contributed by atoms with Crippen LogP contribution in [-0.2, 0) is 19.7 Å². The van der Waals surface area contributed by atoms with Crippen LogP contribution in [0.5, 0.6) is 0 Å². The molecule has 0 saturated heterocycles. The minimum absolute atomic E-state index is 0.118. The van der Waals surface area contributed by atoms with Gasteiger partial charge in [0.25, 0.3) is 0 Å². The molecule has 84 valence electrons. The average molecular weight is 218 g/mol. The Labute approximate surface area is 94.4 Å². The van der Waals surface area contributed by atoms with E-state index in [1.165, 1.54) is 7.11 Å². The topological polar surface area (TPSA) is 43.4 Å². The summed E-state index contributed by atoms with van der Waals surface area (Å²) >= 11 is 0. The van der Waals surface area contributed by atoms with Crippen molar-refractivity contribution in [3.8, 4) is 0 Å². The Morgan fingerprint density at radius 1 is 1.38 bits per heavy atom. The van der Waals surface area contributed by atoms with Gasteiger partial charge in [-0.3, -0.25) is 9.59 Å². The van der Waals surface area contributed by atoms with Crippen molar-refractivity contribution >= 4 is 11.8 Å². The highest BCUT2D eigenvalue weighted by molar-refractivity contribution is 6.02. The molecule has 0 spiro atoms. The maximum absolute atomic E-state index is 11.8. The molecule has 0 atom stereocenters. The molecule has 0 aliphatic heterocycles. The van der Waals surface area contributed by atoms with Gasteiger partial charge in [-0.05, 0) is 12.5 Å². The first kappa shape index (κ1) is 10.9. The molecule has 1 aromatic rings. The number of carbonyl (C=O) groups is 2. The summed E-state index contributed by atoms with van der Waals surface area (Å²) in [5, 5.41) is 0. The summed E-state index contributed by atoms with van der Waals surface area (Å²) in [6.07, 6.45) is 0.534. The van der Waals surface area contributed by atoms with Gasteiger partial charge in [-0.1, -0.05) is 29.8 Å². The Morgan fingerprint density at radius 3 is 2.56 bits per heavy atom. The zero-order valence-corrected chi connectivity index (χ0v) is 9.45. The zero-order chi connectivity index (χ0) is 11.8. The van der Waals surface area contributed by atoms with Crippen molar-refractivity contribution in [1.29, 1.82) is 0 Å². The van der Waals surface area contributed by atoms with Crippen LogP contribution in [0.4, 0.5) is 0 Å². The predicted molar refractivity (Wildman–Crippen MR) is 59.1 cm³/mol. The van der Waals surface area contributed by atoms with Crippen LogP contribution in [0.25, 0.3) is 0 Å². The number of methoxy groups -OCH3 is 1. The highest BCUT2D eigenvalue weighted by Crippen LogP contribution is 2.42. The van der Waals surface area contributed by atoms with Gasteiger partial charge in [0.15, 0.2) is 0 Å². The molecule has 0 aromatic heterocycles. The highest BCUT2D eigenvalue weighted by Gasteiger charge is 2.52. The molecule has 1 fully saturated rings. The smallest absolute Gasteiger partial charge is 0.317 e. The van der Waals surface area contributed by atoms with Crippen molar-refractivity contribution in [3.05, 3.63) is 35.4 Å². The van der Waals surface area contributed by atoms with E-state index in [4.69, 9.17) is 4.74 Å². The molecule has 1 aliphatic carbocycles. The molecule has 0 N–H and O–H groups in total. The van der Waals surface area contributed by atoms with Gasteiger partial charge in [0.2, 0.25) is 0 Å². The number of rotatable bonds is 2. The number of hydrogen-bond acceptors (Lipinski definition) is 3. The van der Waals surface area contributed by atoms with Crippen molar-refractivity contribution in [3.63, 3.8) is 0 Å². The summed E-state index contributed by atoms with van der Waals surface area (Å²) in [7, 11) is 1.36. The number of Topliss-reactive ketones (excluding diaryl/α,β-unsaturated/α-hetero) is 1. The summed E-state index contributed by atoms with van der Waals surface area (Å²) in [6.45, 7) is 1.97. The van der Waals surface area contributed by atoms with Gasteiger partial charge < -0.3 is 4.74 Å². The van der Waals surface area contributed by atoms with Crippen molar-refractivity contribution in [2.45, 2.75) is 25.2 Å². The normalized spacial score (nSPS) is 17.8. The average Bonchev–Trinajstić information content (AvgIpc) is 2.23. The van der Waals surface area contributed by atoms with Crippen molar-refractivity contribution in [1.82, 2.24) is 0 Å². The van der Waals surface area contributed by atoms with Crippen molar-refractivity contribution in [2.75, 3.05) is 7.11 Å². The van der Waals surface area contributed by atoms with Gasteiger partial charge in [-0.25, -0.2) is 0 Å². The lowest BCUT2D eigenvalue weighted by molar-refractivity contribution is -0.156. The van der Waals surface area contributed by atoms with Crippen LogP contribution in [0.2, 0.25) is 0 Å². The van der Waals surface area contributed by atoms with Crippen LogP contribution in [0.1, 0.15) is 24.0 Å². The molecule has 3 heteroatoms. The maximum Gasteiger partial charge on any atom is 0.317 e. The molecular weight excluding hydrogens is 204 g/mol. The second-order valence-corrected chi connectivity index (χ2v) is 4.34. The van der Waals surface area contributed by atoms with E-state index in [2.05, 4.69) is 0 Å². The number of aryl methyl sites for hydroxylation is 1. The highest BCUT2D eigenvalue weighted by atomic mass is 16.5. The number of hydrogen-bond donors (Lipinski definition) is 0. The van der Waals surface area contributed by atoms with Crippen LogP contribution >= 0.6 is 0 Å². The third-order valence-electron chi connectivity index (χ3n) is 3.14. The number of carbonyl (C=O) groups excluding carboxylic acids is 2. The van der Waals surface area contributed by atoms with E-state index in [-0.39, 0.29) is 24.6 Å². The van der Waals surface area contributed by atoms with E-state index < -0.39 is 5.41 Å². The number of ketones is 1. The summed E-state index contributed by atoms with van der Waals surface area (Å²) < 4.78 is 4.81. The Kier molecular flexibility index (Phi) is 2.54. The lowest BCUT2D eigenvalue weighted by Crippen LogP contribution is -2.49. The standard InChI is InChI=1S/C13H14O3/c1-9-4-3-5-10(6-9)13(12(15)16-2)7-11(14)8-13/h3-6H,7-8H2,1-2H3. The quantitative estimate of drug-likeness (QED) is 0.710. The first-order chi connectivity index (χ1) is 7.58. The molecule has 0 heterocycles. The molecule has 16 heavy (non-hydrogen) atoms. The molecule has 0 unspecified atom stereocenters. The lowest BCUT2D eigenvalue weighted by atomic mass is 9.63. The molecule has 0 amide bonds. The zero-order valence-electron chi connectivity index (χ0n) is 9.45. The molecule has 1 saturated carbocycles. The Morgan fingerprint density at radius 2 is 2.06 bits per heavy atom. The minimum atomic E-state index is -0.724. The third-order valence-corrected chi connectivity index (χ3v) is 3.14. The Hall–Kier alpha value is -1.64. The first-order valence-corrected chi connectivity index (χ1v) is 5.26. The largest absolute Gasteiger partial charge is 0.468 e. The van der Waals surface area contributed by atoms with Crippen LogP contribution < -0.4 is 0 Å². The summed E-state index contributed by atoms with van der Waals surface area (Å²) in [4.78, 5) is 23.0. The second-order valence-electron chi connectivity index (χ2n) is 4.34. The number of ether oxygens (including phenoxy) is 1. The Bertz CT molecular complexity index is 440. The fourth-order valence-corrected chi connectivity index (χ4v) is 2.23. The van der Waals surface area contributed by atoms with E-state index in [0.29, 0.717) is 0 Å². The van der Waals surface area contributed by atoms with E-state index in [9.17, 15) is 9.59 Å². The summed E-state index contributed by atoms with van der Waals surface area (Å²) in [6, 6.07) is 7.70. The first-order valence-electron chi connectivity index (χ1n) is 5.26. The second kappa shape index (κ2) is 3.74. The minimum Gasteiger partial charge on any atom is -0.468 e. The molecule has 0 bridgehead atoms. The summed E-state index contributed by atoms with van der Waals surface area (Å²) in [5.74, 6) is -0.190. The molecule has 2 rings (SSSR count). The fraction of sp³-hybridized carbons (Fsp3) is 0.385. The number of benzene rings is 1. The maximum atomic E-state index is 11.8. The van der Waals surface area contributed by atoms with Gasteiger partial charge in [-0.2, -0.15) is 0 Å². The molecular formula is C13H14O3. The van der Waals surface area contributed by atoms with Crippen LogP contribution in [0.15, 0.2) is 24.3 Å². The van der Waals surface area contributed by atoms with Crippen LogP contribution in [0.3, 0.4) is 0 Å². The van der Waals surface area contributed by atoms with Crippen molar-refractivity contribution < 1.29 is 14.3 Å². The third kappa shape index (κ3) is 1.52.